The molecule has 1 heterocycles. The minimum absolute atomic E-state index is 0. The fourth-order valence-electron chi connectivity index (χ4n) is 3.63. The van der Waals surface area contributed by atoms with E-state index in [0.29, 0.717) is 0 Å². The molecule has 1 aliphatic heterocycles. The van der Waals surface area contributed by atoms with E-state index in [9.17, 15) is 0 Å². The number of rotatable bonds is 4. The van der Waals surface area contributed by atoms with Crippen LogP contribution >= 0.6 is 24.8 Å². The normalized spacial score (nSPS) is 14.1. The van der Waals surface area contributed by atoms with Crippen LogP contribution in [0.1, 0.15) is 11.1 Å². The van der Waals surface area contributed by atoms with Gasteiger partial charge in [0.05, 0.1) is 0 Å². The second-order valence-electron chi connectivity index (χ2n) is 7.17. The van der Waals surface area contributed by atoms with E-state index >= 15 is 0 Å². The molecule has 0 unspecified atom stereocenters. The molecule has 4 rings (SSSR count). The highest BCUT2D eigenvalue weighted by Gasteiger charge is 2.17. The SMILES string of the molecule is Cc1ccc(CN2CCN(c3cccc(-c4ccccc4)c3)CC2)cc1.Cl.Cl. The van der Waals surface area contributed by atoms with E-state index in [1.807, 2.05) is 0 Å². The molecule has 28 heavy (non-hydrogen) atoms. The van der Waals surface area contributed by atoms with Gasteiger partial charge in [-0.2, -0.15) is 0 Å². The molecule has 0 aromatic heterocycles. The van der Waals surface area contributed by atoms with E-state index in [0.717, 1.165) is 32.7 Å². The Labute approximate surface area is 181 Å². The molecule has 0 amide bonds. The molecule has 0 saturated carbocycles. The molecule has 0 aliphatic carbocycles. The maximum Gasteiger partial charge on any atom is 0.0373 e. The van der Waals surface area contributed by atoms with Gasteiger partial charge in [0.25, 0.3) is 0 Å². The van der Waals surface area contributed by atoms with Crippen molar-refractivity contribution in [1.29, 1.82) is 0 Å². The highest BCUT2D eigenvalue weighted by atomic mass is 35.5. The van der Waals surface area contributed by atoms with E-state index < -0.39 is 0 Å². The maximum absolute atomic E-state index is 2.56. The lowest BCUT2D eigenvalue weighted by atomic mass is 10.0. The van der Waals surface area contributed by atoms with E-state index in [4.69, 9.17) is 0 Å². The van der Waals surface area contributed by atoms with Gasteiger partial charge in [0.1, 0.15) is 0 Å². The van der Waals surface area contributed by atoms with Gasteiger partial charge in [-0.15, -0.1) is 24.8 Å². The van der Waals surface area contributed by atoms with E-state index in [1.165, 1.54) is 27.9 Å². The molecule has 2 nitrogen and oxygen atoms in total. The minimum Gasteiger partial charge on any atom is -0.369 e. The van der Waals surface area contributed by atoms with Crippen LogP contribution in [-0.2, 0) is 6.54 Å². The summed E-state index contributed by atoms with van der Waals surface area (Å²) >= 11 is 0. The Morgan fingerprint density at radius 3 is 2.00 bits per heavy atom. The second-order valence-corrected chi connectivity index (χ2v) is 7.17. The summed E-state index contributed by atoms with van der Waals surface area (Å²) in [5, 5.41) is 0. The number of halogens is 2. The van der Waals surface area contributed by atoms with Crippen LogP contribution < -0.4 is 4.90 Å². The van der Waals surface area contributed by atoms with Gasteiger partial charge >= 0.3 is 0 Å². The van der Waals surface area contributed by atoms with Crippen molar-refractivity contribution in [3.8, 4) is 11.1 Å². The molecule has 0 bridgehead atoms. The third-order valence-corrected chi connectivity index (χ3v) is 5.22. The van der Waals surface area contributed by atoms with Crippen molar-refractivity contribution < 1.29 is 0 Å². The molecule has 1 fully saturated rings. The van der Waals surface area contributed by atoms with Crippen LogP contribution in [0.3, 0.4) is 0 Å². The zero-order valence-electron chi connectivity index (χ0n) is 16.3. The van der Waals surface area contributed by atoms with Crippen LogP contribution in [0.25, 0.3) is 11.1 Å². The van der Waals surface area contributed by atoms with Gasteiger partial charge in [0.15, 0.2) is 0 Å². The zero-order valence-corrected chi connectivity index (χ0v) is 17.9. The summed E-state index contributed by atoms with van der Waals surface area (Å²) in [5.41, 5.74) is 6.66. The molecule has 3 aromatic carbocycles. The van der Waals surface area contributed by atoms with Crippen molar-refractivity contribution >= 4 is 30.5 Å². The molecule has 0 radical (unpaired) electrons. The molecule has 3 aromatic rings. The van der Waals surface area contributed by atoms with E-state index in [1.54, 1.807) is 0 Å². The Morgan fingerprint density at radius 2 is 1.32 bits per heavy atom. The average molecular weight is 415 g/mol. The maximum atomic E-state index is 2.56. The molecule has 1 saturated heterocycles. The van der Waals surface area contributed by atoms with Crippen LogP contribution in [0.5, 0.6) is 0 Å². The van der Waals surface area contributed by atoms with E-state index in [-0.39, 0.29) is 24.8 Å². The molecule has 0 spiro atoms. The first kappa shape index (κ1) is 22.3. The van der Waals surface area contributed by atoms with Crippen LogP contribution in [-0.4, -0.2) is 31.1 Å². The van der Waals surface area contributed by atoms with E-state index in [2.05, 4.69) is 95.6 Å². The summed E-state index contributed by atoms with van der Waals surface area (Å²) < 4.78 is 0. The monoisotopic (exact) mass is 414 g/mol. The summed E-state index contributed by atoms with van der Waals surface area (Å²) in [6, 6.07) is 28.5. The lowest BCUT2D eigenvalue weighted by Crippen LogP contribution is -2.45. The number of nitrogens with zero attached hydrogens (tertiary/aromatic N) is 2. The van der Waals surface area contributed by atoms with Gasteiger partial charge in [-0.3, -0.25) is 4.90 Å². The number of piperazine rings is 1. The Balaban J connectivity index is 0.00000140. The number of hydrogen-bond acceptors (Lipinski definition) is 2. The van der Waals surface area contributed by atoms with Gasteiger partial charge in [-0.05, 0) is 35.7 Å². The Bertz CT molecular complexity index is 842. The van der Waals surface area contributed by atoms with Gasteiger partial charge in [-0.1, -0.05) is 72.3 Å². The molecular weight excluding hydrogens is 387 g/mol. The highest BCUT2D eigenvalue weighted by Crippen LogP contribution is 2.25. The van der Waals surface area contributed by atoms with Gasteiger partial charge < -0.3 is 4.90 Å². The average Bonchev–Trinajstić information content (AvgIpc) is 2.71. The fourth-order valence-corrected chi connectivity index (χ4v) is 3.63. The summed E-state index contributed by atoms with van der Waals surface area (Å²) in [5.74, 6) is 0. The molecule has 1 aliphatic rings. The standard InChI is InChI=1S/C24H26N2.2ClH/c1-20-10-12-21(13-11-20)19-25-14-16-26(17-15-25)24-9-5-8-23(18-24)22-6-3-2-4-7-22;;/h2-13,18H,14-17,19H2,1H3;2*1H. The molecule has 0 N–H and O–H groups in total. The number of benzene rings is 3. The molecule has 4 heteroatoms. The van der Waals surface area contributed by atoms with Crippen LogP contribution in [0.4, 0.5) is 5.69 Å². The largest absolute Gasteiger partial charge is 0.369 e. The smallest absolute Gasteiger partial charge is 0.0373 e. The lowest BCUT2D eigenvalue weighted by molar-refractivity contribution is 0.250. The van der Waals surface area contributed by atoms with Gasteiger partial charge in [0, 0.05) is 38.4 Å². The Hall–Kier alpha value is -2.00. The van der Waals surface area contributed by atoms with Crippen molar-refractivity contribution in [3.05, 3.63) is 90.0 Å². The third-order valence-electron chi connectivity index (χ3n) is 5.22. The number of aryl methyl sites for hydroxylation is 1. The van der Waals surface area contributed by atoms with Crippen molar-refractivity contribution in [2.45, 2.75) is 13.5 Å². The Morgan fingerprint density at radius 1 is 0.679 bits per heavy atom. The van der Waals surface area contributed by atoms with Crippen molar-refractivity contribution in [2.24, 2.45) is 0 Å². The lowest BCUT2D eigenvalue weighted by Gasteiger charge is -2.36. The quantitative estimate of drug-likeness (QED) is 0.529. The fraction of sp³-hybridized carbons (Fsp3) is 0.250. The van der Waals surface area contributed by atoms with Crippen molar-refractivity contribution in [1.82, 2.24) is 4.90 Å². The number of anilines is 1. The second kappa shape index (κ2) is 10.5. The summed E-state index contributed by atoms with van der Waals surface area (Å²) in [6.07, 6.45) is 0. The topological polar surface area (TPSA) is 6.48 Å². The van der Waals surface area contributed by atoms with Crippen LogP contribution in [0, 0.1) is 6.92 Å². The third kappa shape index (κ3) is 5.51. The van der Waals surface area contributed by atoms with Crippen LogP contribution in [0.15, 0.2) is 78.9 Å². The van der Waals surface area contributed by atoms with Crippen molar-refractivity contribution in [3.63, 3.8) is 0 Å². The zero-order chi connectivity index (χ0) is 17.8. The first-order valence-corrected chi connectivity index (χ1v) is 9.46. The van der Waals surface area contributed by atoms with Gasteiger partial charge in [0.2, 0.25) is 0 Å². The molecule has 148 valence electrons. The first-order valence-electron chi connectivity index (χ1n) is 9.46. The predicted molar refractivity (Wildman–Crippen MR) is 125 cm³/mol. The van der Waals surface area contributed by atoms with Crippen LogP contribution in [0.2, 0.25) is 0 Å². The summed E-state index contributed by atoms with van der Waals surface area (Å²) in [4.78, 5) is 5.07. The number of hydrogen-bond donors (Lipinski definition) is 0. The predicted octanol–water partition coefficient (Wildman–Crippen LogP) is 5.83. The minimum atomic E-state index is 0. The first-order chi connectivity index (χ1) is 12.8. The molecule has 0 atom stereocenters. The summed E-state index contributed by atoms with van der Waals surface area (Å²) in [7, 11) is 0. The summed E-state index contributed by atoms with van der Waals surface area (Å²) in [6.45, 7) is 7.60. The Kier molecular flexibility index (Phi) is 8.37. The van der Waals surface area contributed by atoms with Gasteiger partial charge in [-0.25, -0.2) is 0 Å². The molecular formula is C24H28Cl2N2. The van der Waals surface area contributed by atoms with Crippen molar-refractivity contribution in [2.75, 3.05) is 31.1 Å². The highest BCUT2D eigenvalue weighted by molar-refractivity contribution is 5.85.